The van der Waals surface area contributed by atoms with Gasteiger partial charge >= 0.3 is 0 Å². The summed E-state index contributed by atoms with van der Waals surface area (Å²) in [6.45, 7) is 3.15. The third-order valence-corrected chi connectivity index (χ3v) is 5.61. The fourth-order valence-electron chi connectivity index (χ4n) is 4.06. The Kier molecular flexibility index (Phi) is 4.78. The first kappa shape index (κ1) is 16.9. The van der Waals surface area contributed by atoms with Gasteiger partial charge in [0.15, 0.2) is 0 Å². The molecule has 1 N–H and O–H groups in total. The van der Waals surface area contributed by atoms with Gasteiger partial charge in [-0.1, -0.05) is 30.3 Å². The molecule has 0 atom stereocenters. The largest absolute Gasteiger partial charge is 0.356 e. The van der Waals surface area contributed by atoms with Crippen molar-refractivity contribution in [1.82, 2.24) is 14.8 Å². The van der Waals surface area contributed by atoms with Crippen LogP contribution in [0, 0.1) is 0 Å². The minimum Gasteiger partial charge on any atom is -0.356 e. The summed E-state index contributed by atoms with van der Waals surface area (Å²) >= 11 is 0. The smallest absolute Gasteiger partial charge is 0.270 e. The number of aromatic nitrogens is 1. The summed E-state index contributed by atoms with van der Waals surface area (Å²) in [7, 11) is 0. The number of likely N-dealkylation sites (tertiary alicyclic amines) is 2. The molecule has 4 rings (SSSR count). The Morgan fingerprint density at radius 1 is 0.885 bits per heavy atom. The fourth-order valence-corrected chi connectivity index (χ4v) is 4.06. The van der Waals surface area contributed by atoms with Gasteiger partial charge in [-0.2, -0.15) is 0 Å². The topological polar surface area (TPSA) is 56.4 Å². The zero-order valence-corrected chi connectivity index (χ0v) is 15.0. The molecule has 0 bridgehead atoms. The lowest BCUT2D eigenvalue weighted by Crippen LogP contribution is -2.37. The average Bonchev–Trinajstić information content (AvgIpc) is 3.40. The number of H-pyrrole nitrogens is 1. The minimum atomic E-state index is 0.00401. The number of nitrogens with one attached hydrogen (secondary N) is 1. The highest BCUT2D eigenvalue weighted by molar-refractivity contribution is 5.99. The first-order chi connectivity index (χ1) is 12.7. The van der Waals surface area contributed by atoms with E-state index < -0.39 is 0 Å². The van der Waals surface area contributed by atoms with Crippen molar-refractivity contribution in [2.45, 2.75) is 31.6 Å². The van der Waals surface area contributed by atoms with E-state index in [-0.39, 0.29) is 11.8 Å². The molecule has 2 aliphatic heterocycles. The molecule has 1 aromatic heterocycles. The molecular formula is C21H25N3O2. The van der Waals surface area contributed by atoms with Crippen LogP contribution in [0.4, 0.5) is 0 Å². The molecule has 5 nitrogen and oxygen atoms in total. The molecule has 26 heavy (non-hydrogen) atoms. The third kappa shape index (κ3) is 3.39. The minimum absolute atomic E-state index is 0.00401. The Morgan fingerprint density at radius 3 is 2.23 bits per heavy atom. The van der Waals surface area contributed by atoms with E-state index in [0.717, 1.165) is 51.9 Å². The second-order valence-electron chi connectivity index (χ2n) is 7.28. The lowest BCUT2D eigenvalue weighted by atomic mass is 9.89. The number of amides is 2. The van der Waals surface area contributed by atoms with Gasteiger partial charge in [-0.3, -0.25) is 9.59 Å². The molecule has 3 heterocycles. The predicted octanol–water partition coefficient (Wildman–Crippen LogP) is 3.27. The number of carbonyl (C=O) groups is 2. The van der Waals surface area contributed by atoms with Gasteiger partial charge in [-0.15, -0.1) is 0 Å². The Morgan fingerprint density at radius 2 is 1.54 bits per heavy atom. The molecule has 1 aromatic carbocycles. The Hall–Kier alpha value is -2.56. The van der Waals surface area contributed by atoms with Crippen molar-refractivity contribution >= 4 is 11.8 Å². The molecule has 0 spiro atoms. The van der Waals surface area contributed by atoms with E-state index in [9.17, 15) is 9.59 Å². The van der Waals surface area contributed by atoms with Crippen LogP contribution >= 0.6 is 0 Å². The number of hydrogen-bond donors (Lipinski definition) is 1. The number of carbonyl (C=O) groups excluding carboxylic acids is 2. The summed E-state index contributed by atoms with van der Waals surface area (Å²) in [4.78, 5) is 32.0. The molecule has 2 aliphatic rings. The zero-order valence-electron chi connectivity index (χ0n) is 15.0. The number of hydrogen-bond acceptors (Lipinski definition) is 2. The highest BCUT2D eigenvalue weighted by Gasteiger charge is 2.26. The molecule has 2 fully saturated rings. The quantitative estimate of drug-likeness (QED) is 0.923. The molecule has 0 aliphatic carbocycles. The highest BCUT2D eigenvalue weighted by Crippen LogP contribution is 2.28. The van der Waals surface area contributed by atoms with Gasteiger partial charge in [0, 0.05) is 32.4 Å². The van der Waals surface area contributed by atoms with E-state index in [1.807, 2.05) is 15.9 Å². The summed E-state index contributed by atoms with van der Waals surface area (Å²) in [5, 5.41) is 0. The second-order valence-corrected chi connectivity index (χ2v) is 7.28. The van der Waals surface area contributed by atoms with Gasteiger partial charge in [-0.25, -0.2) is 0 Å². The van der Waals surface area contributed by atoms with E-state index in [4.69, 9.17) is 0 Å². The fraction of sp³-hybridized carbons (Fsp3) is 0.429. The van der Waals surface area contributed by atoms with Gasteiger partial charge in [0.1, 0.15) is 5.69 Å². The van der Waals surface area contributed by atoms with Crippen LogP contribution in [0.5, 0.6) is 0 Å². The van der Waals surface area contributed by atoms with Crippen molar-refractivity contribution in [2.75, 3.05) is 26.2 Å². The Bertz CT molecular complexity index is 770. The predicted molar refractivity (Wildman–Crippen MR) is 100 cm³/mol. The van der Waals surface area contributed by atoms with Crippen molar-refractivity contribution in [1.29, 1.82) is 0 Å². The lowest BCUT2D eigenvalue weighted by molar-refractivity contribution is 0.0713. The average molecular weight is 351 g/mol. The van der Waals surface area contributed by atoms with E-state index in [1.54, 1.807) is 12.3 Å². The van der Waals surface area contributed by atoms with Crippen molar-refractivity contribution < 1.29 is 9.59 Å². The number of piperidine rings is 1. The summed E-state index contributed by atoms with van der Waals surface area (Å²) in [6.07, 6.45) is 5.78. The molecular weight excluding hydrogens is 326 g/mol. The normalized spacial score (nSPS) is 18.3. The van der Waals surface area contributed by atoms with Crippen LogP contribution in [-0.4, -0.2) is 52.8 Å². The first-order valence-electron chi connectivity index (χ1n) is 9.54. The van der Waals surface area contributed by atoms with Gasteiger partial charge in [0.25, 0.3) is 11.8 Å². The van der Waals surface area contributed by atoms with Crippen molar-refractivity contribution in [3.63, 3.8) is 0 Å². The number of aromatic amines is 1. The second kappa shape index (κ2) is 7.36. The Balaban J connectivity index is 1.37. The van der Waals surface area contributed by atoms with Crippen molar-refractivity contribution in [2.24, 2.45) is 0 Å². The van der Waals surface area contributed by atoms with E-state index in [2.05, 4.69) is 29.2 Å². The van der Waals surface area contributed by atoms with Gasteiger partial charge in [-0.05, 0) is 43.2 Å². The Labute approximate surface area is 154 Å². The molecule has 0 unspecified atom stereocenters. The summed E-state index contributed by atoms with van der Waals surface area (Å²) in [5.41, 5.74) is 2.47. The molecule has 2 aromatic rings. The van der Waals surface area contributed by atoms with Crippen LogP contribution in [0.1, 0.15) is 58.0 Å². The zero-order chi connectivity index (χ0) is 17.9. The monoisotopic (exact) mass is 351 g/mol. The van der Waals surface area contributed by atoms with Crippen LogP contribution < -0.4 is 0 Å². The molecule has 0 radical (unpaired) electrons. The van der Waals surface area contributed by atoms with Crippen molar-refractivity contribution in [3.05, 3.63) is 59.4 Å². The van der Waals surface area contributed by atoms with Crippen LogP contribution in [0.25, 0.3) is 0 Å². The van der Waals surface area contributed by atoms with Gasteiger partial charge in [0.05, 0.1) is 5.56 Å². The number of rotatable bonds is 3. The van der Waals surface area contributed by atoms with Crippen LogP contribution in [0.3, 0.4) is 0 Å². The molecule has 5 heteroatoms. The van der Waals surface area contributed by atoms with Gasteiger partial charge in [0.2, 0.25) is 0 Å². The number of benzene rings is 1. The van der Waals surface area contributed by atoms with Crippen LogP contribution in [-0.2, 0) is 0 Å². The summed E-state index contributed by atoms with van der Waals surface area (Å²) < 4.78 is 0. The highest BCUT2D eigenvalue weighted by atomic mass is 16.2. The van der Waals surface area contributed by atoms with E-state index in [0.29, 0.717) is 17.2 Å². The van der Waals surface area contributed by atoms with Gasteiger partial charge < -0.3 is 14.8 Å². The molecule has 0 saturated carbocycles. The first-order valence-corrected chi connectivity index (χ1v) is 9.54. The van der Waals surface area contributed by atoms with Crippen LogP contribution in [0.2, 0.25) is 0 Å². The standard InChI is InChI=1S/C21H25N3O2/c25-20(18-14-19(22-15-18)21(26)23-10-4-5-11-23)24-12-8-17(9-13-24)16-6-2-1-3-7-16/h1-3,6-7,14-15,17,22H,4-5,8-13H2. The van der Waals surface area contributed by atoms with Crippen molar-refractivity contribution in [3.8, 4) is 0 Å². The molecule has 136 valence electrons. The lowest BCUT2D eigenvalue weighted by Gasteiger charge is -2.32. The number of nitrogens with zero attached hydrogens (tertiary/aromatic N) is 2. The maximum Gasteiger partial charge on any atom is 0.270 e. The third-order valence-electron chi connectivity index (χ3n) is 5.61. The van der Waals surface area contributed by atoms with Crippen LogP contribution in [0.15, 0.2) is 42.6 Å². The molecule has 2 amide bonds. The molecule has 2 saturated heterocycles. The van der Waals surface area contributed by atoms with E-state index in [1.165, 1.54) is 5.56 Å². The maximum atomic E-state index is 12.8. The summed E-state index contributed by atoms with van der Waals surface area (Å²) in [5.74, 6) is 0.552. The summed E-state index contributed by atoms with van der Waals surface area (Å²) in [6, 6.07) is 12.2. The van der Waals surface area contributed by atoms with E-state index >= 15 is 0 Å². The SMILES string of the molecule is O=C(c1c[nH]c(C(=O)N2CCCC2)c1)N1CCC(c2ccccc2)CC1. The maximum absolute atomic E-state index is 12.8.